The van der Waals surface area contributed by atoms with Crippen LogP contribution in [0.4, 0.5) is 8.78 Å². The van der Waals surface area contributed by atoms with Gasteiger partial charge in [-0.1, -0.05) is 48.5 Å². The Morgan fingerprint density at radius 1 is 1.10 bits per heavy atom. The molecule has 4 nitrogen and oxygen atoms in total. The van der Waals surface area contributed by atoms with Crippen LogP contribution in [0.15, 0.2) is 60.7 Å². The van der Waals surface area contributed by atoms with E-state index in [9.17, 15) is 13.6 Å². The number of fused-ring (bicyclic) bond motifs is 1. The molecule has 1 fully saturated rings. The average molecular weight is 410 g/mol. The molecule has 3 aromatic rings. The predicted molar refractivity (Wildman–Crippen MR) is 112 cm³/mol. The summed E-state index contributed by atoms with van der Waals surface area (Å²) in [5, 5.41) is 5.91. The fourth-order valence-electron chi connectivity index (χ4n) is 3.86. The van der Waals surface area contributed by atoms with Crippen LogP contribution >= 0.6 is 0 Å². The van der Waals surface area contributed by atoms with Crippen LogP contribution < -0.4 is 5.32 Å². The topological polar surface area (TPSA) is 41.6 Å². The van der Waals surface area contributed by atoms with Crippen molar-refractivity contribution in [3.63, 3.8) is 0 Å². The second kappa shape index (κ2) is 8.90. The molecule has 1 amide bonds. The number of morpholine rings is 1. The van der Waals surface area contributed by atoms with Crippen molar-refractivity contribution in [2.45, 2.75) is 25.6 Å². The second-order valence-corrected chi connectivity index (χ2v) is 7.65. The number of hydrogen-bond acceptors (Lipinski definition) is 3. The summed E-state index contributed by atoms with van der Waals surface area (Å²) < 4.78 is 32.3. The number of carbonyl (C=O) groups is 1. The SMILES string of the molecule is CC(NCC1CN(Cc2ccc(F)c(F)c2)C(=O)CO1)c1cccc2ccccc12. The lowest BCUT2D eigenvalue weighted by molar-refractivity contribution is -0.149. The minimum atomic E-state index is -0.907. The molecular formula is C24H24F2N2O2. The highest BCUT2D eigenvalue weighted by Crippen LogP contribution is 2.24. The summed E-state index contributed by atoms with van der Waals surface area (Å²) >= 11 is 0. The highest BCUT2D eigenvalue weighted by Gasteiger charge is 2.27. The summed E-state index contributed by atoms with van der Waals surface area (Å²) in [6.07, 6.45) is -0.176. The van der Waals surface area contributed by atoms with Crippen molar-refractivity contribution >= 4 is 16.7 Å². The Hall–Kier alpha value is -2.83. The molecule has 2 atom stereocenters. The van der Waals surface area contributed by atoms with Gasteiger partial charge in [-0.3, -0.25) is 4.79 Å². The number of nitrogens with one attached hydrogen (secondary N) is 1. The van der Waals surface area contributed by atoms with Gasteiger partial charge in [-0.05, 0) is 41.0 Å². The Morgan fingerprint density at radius 3 is 2.73 bits per heavy atom. The van der Waals surface area contributed by atoms with Gasteiger partial charge >= 0.3 is 0 Å². The van der Waals surface area contributed by atoms with Gasteiger partial charge in [0.2, 0.25) is 5.91 Å². The number of benzene rings is 3. The standard InChI is InChI=1S/C24H24F2N2O2/c1-16(20-8-4-6-18-5-2-3-7-21(18)20)27-12-19-14-28(24(29)15-30-19)13-17-9-10-22(25)23(26)11-17/h2-11,16,19,27H,12-15H2,1H3. The zero-order valence-corrected chi connectivity index (χ0v) is 16.8. The van der Waals surface area contributed by atoms with Gasteiger partial charge in [-0.2, -0.15) is 0 Å². The first-order chi connectivity index (χ1) is 14.5. The Balaban J connectivity index is 1.38. The van der Waals surface area contributed by atoms with Crippen molar-refractivity contribution in [1.29, 1.82) is 0 Å². The Bertz CT molecular complexity index is 1050. The summed E-state index contributed by atoms with van der Waals surface area (Å²) in [5.74, 6) is -1.95. The molecule has 0 spiro atoms. The van der Waals surface area contributed by atoms with Gasteiger partial charge in [0.1, 0.15) is 6.61 Å². The van der Waals surface area contributed by atoms with E-state index in [0.717, 1.165) is 12.1 Å². The lowest BCUT2D eigenvalue weighted by atomic mass is 9.99. The third-order valence-corrected chi connectivity index (χ3v) is 5.52. The van der Waals surface area contributed by atoms with E-state index in [1.807, 2.05) is 12.1 Å². The smallest absolute Gasteiger partial charge is 0.248 e. The van der Waals surface area contributed by atoms with E-state index in [-0.39, 0.29) is 31.2 Å². The van der Waals surface area contributed by atoms with E-state index >= 15 is 0 Å². The maximum Gasteiger partial charge on any atom is 0.248 e. The van der Waals surface area contributed by atoms with Crippen LogP contribution in [0.25, 0.3) is 10.8 Å². The number of rotatable bonds is 6. The molecular weight excluding hydrogens is 386 g/mol. The maximum atomic E-state index is 13.5. The van der Waals surface area contributed by atoms with Gasteiger partial charge in [0.15, 0.2) is 11.6 Å². The quantitative estimate of drug-likeness (QED) is 0.662. The number of halogens is 2. The summed E-state index contributed by atoms with van der Waals surface area (Å²) in [6, 6.07) is 18.3. The van der Waals surface area contributed by atoms with Crippen LogP contribution in [0.5, 0.6) is 0 Å². The highest BCUT2D eigenvalue weighted by molar-refractivity contribution is 5.86. The first-order valence-corrected chi connectivity index (χ1v) is 10.1. The molecule has 1 aliphatic rings. The minimum absolute atomic E-state index is 0.0152. The van der Waals surface area contributed by atoms with Crippen molar-refractivity contribution < 1.29 is 18.3 Å². The molecule has 1 saturated heterocycles. The third kappa shape index (κ3) is 4.50. The summed E-state index contributed by atoms with van der Waals surface area (Å²) in [6.45, 7) is 3.29. The van der Waals surface area contributed by atoms with Gasteiger partial charge < -0.3 is 15.0 Å². The molecule has 1 N–H and O–H groups in total. The van der Waals surface area contributed by atoms with Crippen LogP contribution in [0.3, 0.4) is 0 Å². The van der Waals surface area contributed by atoms with E-state index in [0.29, 0.717) is 18.7 Å². The Labute approximate surface area is 174 Å². The van der Waals surface area contributed by atoms with Gasteiger partial charge in [-0.15, -0.1) is 0 Å². The van der Waals surface area contributed by atoms with Crippen LogP contribution in [0, 0.1) is 11.6 Å². The molecule has 30 heavy (non-hydrogen) atoms. The predicted octanol–water partition coefficient (Wildman–Crippen LogP) is 4.20. The normalized spacial score (nSPS) is 18.0. The number of nitrogens with zero attached hydrogens (tertiary/aromatic N) is 1. The van der Waals surface area contributed by atoms with Gasteiger partial charge in [-0.25, -0.2) is 8.78 Å². The summed E-state index contributed by atoms with van der Waals surface area (Å²) in [5.41, 5.74) is 1.76. The molecule has 156 valence electrons. The molecule has 3 aromatic carbocycles. The van der Waals surface area contributed by atoms with Gasteiger partial charge in [0.25, 0.3) is 0 Å². The van der Waals surface area contributed by atoms with Crippen molar-refractivity contribution in [2.24, 2.45) is 0 Å². The number of carbonyl (C=O) groups excluding carboxylic acids is 1. The molecule has 6 heteroatoms. The van der Waals surface area contributed by atoms with Crippen molar-refractivity contribution in [3.05, 3.63) is 83.4 Å². The lowest BCUT2D eigenvalue weighted by Gasteiger charge is -2.33. The van der Waals surface area contributed by atoms with E-state index < -0.39 is 11.6 Å². The first-order valence-electron chi connectivity index (χ1n) is 10.1. The van der Waals surface area contributed by atoms with Crippen LogP contribution in [0.1, 0.15) is 24.1 Å². The largest absolute Gasteiger partial charge is 0.365 e. The molecule has 0 saturated carbocycles. The minimum Gasteiger partial charge on any atom is -0.365 e. The summed E-state index contributed by atoms with van der Waals surface area (Å²) in [4.78, 5) is 13.8. The first kappa shape index (κ1) is 20.4. The monoisotopic (exact) mass is 410 g/mol. The van der Waals surface area contributed by atoms with Gasteiger partial charge in [0.05, 0.1) is 6.10 Å². The van der Waals surface area contributed by atoms with Gasteiger partial charge in [0, 0.05) is 25.7 Å². The molecule has 4 rings (SSSR count). The number of amides is 1. The number of hydrogen-bond donors (Lipinski definition) is 1. The Kier molecular flexibility index (Phi) is 6.06. The van der Waals surface area contributed by atoms with Crippen molar-refractivity contribution in [3.8, 4) is 0 Å². The molecule has 1 heterocycles. The van der Waals surface area contributed by atoms with E-state index in [1.165, 1.54) is 22.4 Å². The fraction of sp³-hybridized carbons (Fsp3) is 0.292. The zero-order valence-electron chi connectivity index (χ0n) is 16.8. The van der Waals surface area contributed by atoms with Crippen LogP contribution in [0.2, 0.25) is 0 Å². The molecule has 0 aromatic heterocycles. The summed E-state index contributed by atoms with van der Waals surface area (Å²) in [7, 11) is 0. The Morgan fingerprint density at radius 2 is 1.90 bits per heavy atom. The van der Waals surface area contributed by atoms with E-state index in [1.54, 1.807) is 4.90 Å². The lowest BCUT2D eigenvalue weighted by Crippen LogP contribution is -2.49. The zero-order chi connectivity index (χ0) is 21.1. The fourth-order valence-corrected chi connectivity index (χ4v) is 3.86. The van der Waals surface area contributed by atoms with E-state index in [2.05, 4.69) is 42.6 Å². The third-order valence-electron chi connectivity index (χ3n) is 5.52. The van der Waals surface area contributed by atoms with E-state index in [4.69, 9.17) is 4.74 Å². The van der Waals surface area contributed by atoms with Crippen molar-refractivity contribution in [1.82, 2.24) is 10.2 Å². The maximum absolute atomic E-state index is 13.5. The molecule has 1 aliphatic heterocycles. The average Bonchev–Trinajstić information content (AvgIpc) is 2.76. The highest BCUT2D eigenvalue weighted by atomic mass is 19.2. The number of ether oxygens (including phenoxy) is 1. The van der Waals surface area contributed by atoms with Crippen molar-refractivity contribution in [2.75, 3.05) is 19.7 Å². The molecule has 2 unspecified atom stereocenters. The molecule has 0 bridgehead atoms. The molecule has 0 radical (unpaired) electrons. The molecule has 0 aliphatic carbocycles. The second-order valence-electron chi connectivity index (χ2n) is 7.65. The van der Waals surface area contributed by atoms with Crippen LogP contribution in [-0.4, -0.2) is 36.6 Å². The van der Waals surface area contributed by atoms with Crippen LogP contribution in [-0.2, 0) is 16.1 Å².